The zero-order valence-corrected chi connectivity index (χ0v) is 10.2. The molecular formula is C8H15Br2O. The molecule has 3 heteroatoms. The van der Waals surface area contributed by atoms with Gasteiger partial charge in [-0.15, -0.1) is 0 Å². The third kappa shape index (κ3) is 5.21. The van der Waals surface area contributed by atoms with Crippen molar-refractivity contribution >= 4 is 31.9 Å². The topological polar surface area (TPSA) is 19.9 Å². The lowest BCUT2D eigenvalue weighted by molar-refractivity contribution is 0.0792. The van der Waals surface area contributed by atoms with Crippen LogP contribution in [0.2, 0.25) is 0 Å². The van der Waals surface area contributed by atoms with Crippen molar-refractivity contribution in [3.63, 3.8) is 0 Å². The third-order valence-corrected chi connectivity index (χ3v) is 4.30. The van der Waals surface area contributed by atoms with Gasteiger partial charge in [-0.2, -0.15) is 0 Å². The molecule has 3 atom stereocenters. The van der Waals surface area contributed by atoms with Crippen LogP contribution in [0.25, 0.3) is 0 Å². The smallest absolute Gasteiger partial charge is 0.106 e. The first kappa shape index (κ1) is 11.9. The lowest BCUT2D eigenvalue weighted by Crippen LogP contribution is -2.25. The molecule has 0 heterocycles. The summed E-state index contributed by atoms with van der Waals surface area (Å²) in [4.78, 5) is 0.330. The zero-order valence-electron chi connectivity index (χ0n) is 7.02. The molecule has 0 saturated carbocycles. The fraction of sp³-hybridized carbons (Fsp3) is 1.00. The second kappa shape index (κ2) is 6.44. The Labute approximate surface area is 85.8 Å². The van der Waals surface area contributed by atoms with E-state index in [4.69, 9.17) is 0 Å². The van der Waals surface area contributed by atoms with E-state index in [9.17, 15) is 5.11 Å². The Morgan fingerprint density at radius 1 is 1.36 bits per heavy atom. The number of rotatable bonds is 5. The molecule has 1 nitrogen and oxygen atoms in total. The number of hydrogen-bond donors (Lipinski definition) is 0. The van der Waals surface area contributed by atoms with Crippen LogP contribution in [0, 0.1) is 0 Å². The molecule has 67 valence electrons. The van der Waals surface area contributed by atoms with Crippen molar-refractivity contribution in [1.29, 1.82) is 0 Å². The van der Waals surface area contributed by atoms with E-state index in [-0.39, 0.29) is 9.65 Å². The molecule has 0 aromatic carbocycles. The predicted octanol–water partition coefficient (Wildman–Crippen LogP) is 3.52. The number of halogens is 2. The first-order valence-corrected chi connectivity index (χ1v) is 5.86. The molecule has 0 aliphatic heterocycles. The van der Waals surface area contributed by atoms with Crippen LogP contribution < -0.4 is 0 Å². The van der Waals surface area contributed by atoms with Gasteiger partial charge in [0.05, 0.1) is 4.83 Å². The van der Waals surface area contributed by atoms with Crippen LogP contribution in [0.5, 0.6) is 0 Å². The first-order valence-electron chi connectivity index (χ1n) is 4.03. The second-order valence-electron chi connectivity index (χ2n) is 2.80. The van der Waals surface area contributed by atoms with Gasteiger partial charge >= 0.3 is 0 Å². The van der Waals surface area contributed by atoms with Gasteiger partial charge in [0.15, 0.2) is 0 Å². The minimum absolute atomic E-state index is 0.0639. The van der Waals surface area contributed by atoms with Crippen LogP contribution in [0.1, 0.15) is 33.1 Å². The molecule has 0 aromatic rings. The number of alkyl halides is 2. The highest BCUT2D eigenvalue weighted by molar-refractivity contribution is 9.12. The molecule has 0 rings (SSSR count). The Balaban J connectivity index is 3.55. The molecule has 0 saturated heterocycles. The minimum Gasteiger partial charge on any atom is -0.232 e. The van der Waals surface area contributed by atoms with Gasteiger partial charge < -0.3 is 0 Å². The summed E-state index contributed by atoms with van der Waals surface area (Å²) in [5, 5.41) is 11.3. The summed E-state index contributed by atoms with van der Waals surface area (Å²) in [6, 6.07) is 0. The van der Waals surface area contributed by atoms with Gasteiger partial charge in [0.2, 0.25) is 0 Å². The maximum absolute atomic E-state index is 11.3. The summed E-state index contributed by atoms with van der Waals surface area (Å²) in [5.74, 6) is 0. The maximum atomic E-state index is 11.3. The van der Waals surface area contributed by atoms with E-state index in [1.165, 1.54) is 0 Å². The molecule has 3 unspecified atom stereocenters. The van der Waals surface area contributed by atoms with Gasteiger partial charge in [-0.05, 0) is 6.42 Å². The molecule has 11 heavy (non-hydrogen) atoms. The SMILES string of the molecule is CCCCC([O])C(Br)C(C)Br. The molecule has 0 fully saturated rings. The maximum Gasteiger partial charge on any atom is 0.106 e. The zero-order chi connectivity index (χ0) is 8.85. The van der Waals surface area contributed by atoms with Crippen LogP contribution >= 0.6 is 31.9 Å². The second-order valence-corrected chi connectivity index (χ2v) is 5.30. The Morgan fingerprint density at radius 3 is 2.27 bits per heavy atom. The summed E-state index contributed by atoms with van der Waals surface area (Å²) in [5.41, 5.74) is 0. The Kier molecular flexibility index (Phi) is 6.98. The van der Waals surface area contributed by atoms with Gasteiger partial charge in [-0.3, -0.25) is 0 Å². The first-order chi connectivity index (χ1) is 5.09. The van der Waals surface area contributed by atoms with E-state index in [0.717, 1.165) is 19.3 Å². The lowest BCUT2D eigenvalue weighted by atomic mass is 10.1. The summed E-state index contributed by atoms with van der Waals surface area (Å²) in [7, 11) is 0. The molecule has 0 aliphatic rings. The van der Waals surface area contributed by atoms with Crippen molar-refractivity contribution in [1.82, 2.24) is 0 Å². The summed E-state index contributed by atoms with van der Waals surface area (Å²) in [6.45, 7) is 4.10. The van der Waals surface area contributed by atoms with E-state index in [1.807, 2.05) is 6.92 Å². The highest BCUT2D eigenvalue weighted by Crippen LogP contribution is 2.20. The molecule has 0 bridgehead atoms. The molecule has 0 N–H and O–H groups in total. The molecule has 0 amide bonds. The fourth-order valence-electron chi connectivity index (χ4n) is 0.860. The fourth-order valence-corrected chi connectivity index (χ4v) is 1.47. The van der Waals surface area contributed by atoms with Gasteiger partial charge in [0.1, 0.15) is 6.10 Å². The van der Waals surface area contributed by atoms with Crippen LogP contribution in [0.15, 0.2) is 0 Å². The lowest BCUT2D eigenvalue weighted by Gasteiger charge is -2.16. The third-order valence-electron chi connectivity index (χ3n) is 1.64. The van der Waals surface area contributed by atoms with Crippen LogP contribution in [-0.2, 0) is 5.11 Å². The average molecular weight is 287 g/mol. The molecule has 0 aromatic heterocycles. The van der Waals surface area contributed by atoms with E-state index in [0.29, 0.717) is 0 Å². The van der Waals surface area contributed by atoms with E-state index < -0.39 is 6.10 Å². The molecule has 1 radical (unpaired) electrons. The van der Waals surface area contributed by atoms with Gasteiger partial charge in [0, 0.05) is 4.83 Å². The Morgan fingerprint density at radius 2 is 1.91 bits per heavy atom. The minimum atomic E-state index is -0.468. The van der Waals surface area contributed by atoms with Crippen molar-refractivity contribution in [3.05, 3.63) is 0 Å². The molecular weight excluding hydrogens is 272 g/mol. The van der Waals surface area contributed by atoms with Crippen molar-refractivity contribution < 1.29 is 5.11 Å². The van der Waals surface area contributed by atoms with Crippen molar-refractivity contribution in [2.24, 2.45) is 0 Å². The Bertz CT molecular complexity index is 96.1. The monoisotopic (exact) mass is 285 g/mol. The van der Waals surface area contributed by atoms with Crippen LogP contribution in [0.3, 0.4) is 0 Å². The van der Waals surface area contributed by atoms with Crippen LogP contribution in [0.4, 0.5) is 0 Å². The number of unbranched alkanes of at least 4 members (excludes halogenated alkanes) is 1. The quantitative estimate of drug-likeness (QED) is 0.689. The number of hydrogen-bond acceptors (Lipinski definition) is 0. The van der Waals surface area contributed by atoms with Gasteiger partial charge in [-0.1, -0.05) is 58.5 Å². The standard InChI is InChI=1S/C8H15Br2O/c1-3-4-5-7(11)8(10)6(2)9/h6-8H,3-5H2,1-2H3. The van der Waals surface area contributed by atoms with Crippen molar-refractivity contribution in [2.75, 3.05) is 0 Å². The summed E-state index contributed by atoms with van der Waals surface area (Å²) < 4.78 is 0. The van der Waals surface area contributed by atoms with E-state index in [2.05, 4.69) is 38.8 Å². The summed E-state index contributed by atoms with van der Waals surface area (Å²) in [6.07, 6.45) is 2.46. The summed E-state index contributed by atoms with van der Waals surface area (Å²) >= 11 is 6.76. The van der Waals surface area contributed by atoms with Crippen molar-refractivity contribution in [3.8, 4) is 0 Å². The molecule has 0 spiro atoms. The van der Waals surface area contributed by atoms with E-state index >= 15 is 0 Å². The highest BCUT2D eigenvalue weighted by Gasteiger charge is 2.21. The highest BCUT2D eigenvalue weighted by atomic mass is 79.9. The van der Waals surface area contributed by atoms with Crippen LogP contribution in [-0.4, -0.2) is 15.8 Å². The van der Waals surface area contributed by atoms with Gasteiger partial charge in [0.25, 0.3) is 0 Å². The van der Waals surface area contributed by atoms with Crippen molar-refractivity contribution in [2.45, 2.75) is 48.9 Å². The molecule has 0 aliphatic carbocycles. The average Bonchev–Trinajstić information content (AvgIpc) is 1.98. The van der Waals surface area contributed by atoms with Gasteiger partial charge in [-0.25, -0.2) is 5.11 Å². The van der Waals surface area contributed by atoms with E-state index in [1.54, 1.807) is 0 Å². The largest absolute Gasteiger partial charge is 0.232 e. The predicted molar refractivity (Wildman–Crippen MR) is 55.1 cm³/mol. The normalized spacial score (nSPS) is 19.4. The Hall–Kier alpha value is 0.920.